The lowest BCUT2D eigenvalue weighted by molar-refractivity contribution is -0.402. The third-order valence-electron chi connectivity index (χ3n) is 2.17. The minimum Gasteiger partial charge on any atom is -0.400 e. The maximum Gasteiger partial charge on any atom is 0.433 e. The van der Waals surface area contributed by atoms with Crippen LogP contribution >= 0.6 is 0 Å². The Morgan fingerprint density at radius 3 is 3.00 bits per heavy atom. The molecule has 8 heteroatoms. The van der Waals surface area contributed by atoms with Crippen molar-refractivity contribution in [3.8, 4) is 0 Å². The number of hydrazone groups is 1. The molecular formula is C9H10N4O4. The molecule has 0 aliphatic carbocycles. The van der Waals surface area contributed by atoms with E-state index in [1.165, 1.54) is 23.4 Å². The van der Waals surface area contributed by atoms with Crippen molar-refractivity contribution < 1.29 is 14.1 Å². The van der Waals surface area contributed by atoms with Gasteiger partial charge in [-0.25, -0.2) is 9.80 Å². The number of amides is 2. The third-order valence-corrected chi connectivity index (χ3v) is 2.17. The fraction of sp³-hybridized carbons (Fsp3) is 0.333. The molecule has 1 aliphatic heterocycles. The second-order valence-electron chi connectivity index (χ2n) is 3.61. The summed E-state index contributed by atoms with van der Waals surface area (Å²) < 4.78 is 4.86. The van der Waals surface area contributed by atoms with Crippen molar-refractivity contribution in [1.82, 2.24) is 10.3 Å². The average molecular weight is 238 g/mol. The van der Waals surface area contributed by atoms with E-state index in [1.54, 1.807) is 0 Å². The number of nitrogens with zero attached hydrogens (tertiary/aromatic N) is 3. The van der Waals surface area contributed by atoms with Crippen LogP contribution in [0.3, 0.4) is 0 Å². The number of hydrogen-bond donors (Lipinski definition) is 1. The van der Waals surface area contributed by atoms with Gasteiger partial charge in [-0.3, -0.25) is 10.1 Å². The van der Waals surface area contributed by atoms with Crippen LogP contribution in [-0.4, -0.2) is 34.8 Å². The smallest absolute Gasteiger partial charge is 0.400 e. The SMILES string of the molecule is C[C@H]1CN(N=Cc2ccc([N+](=O)[O-])o2)C(=O)N1. The van der Waals surface area contributed by atoms with E-state index in [1.807, 2.05) is 6.92 Å². The van der Waals surface area contributed by atoms with Crippen molar-refractivity contribution in [1.29, 1.82) is 0 Å². The molecule has 0 unspecified atom stereocenters. The Bertz CT molecular complexity index is 481. The normalized spacial score (nSPS) is 19.9. The Kier molecular flexibility index (Phi) is 2.77. The summed E-state index contributed by atoms with van der Waals surface area (Å²) >= 11 is 0. The Morgan fingerprint density at radius 1 is 1.71 bits per heavy atom. The van der Waals surface area contributed by atoms with Gasteiger partial charge in [-0.15, -0.1) is 0 Å². The molecule has 8 nitrogen and oxygen atoms in total. The molecule has 1 aromatic rings. The zero-order valence-electron chi connectivity index (χ0n) is 8.99. The van der Waals surface area contributed by atoms with Crippen molar-refractivity contribution in [3.63, 3.8) is 0 Å². The molecule has 0 bridgehead atoms. The molecule has 0 radical (unpaired) electrons. The number of nitrogens with one attached hydrogen (secondary N) is 1. The highest BCUT2D eigenvalue weighted by molar-refractivity contribution is 5.81. The van der Waals surface area contributed by atoms with E-state index in [4.69, 9.17) is 4.42 Å². The van der Waals surface area contributed by atoms with Gasteiger partial charge in [0.25, 0.3) is 0 Å². The second-order valence-corrected chi connectivity index (χ2v) is 3.61. The summed E-state index contributed by atoms with van der Waals surface area (Å²) in [6.07, 6.45) is 1.27. The zero-order chi connectivity index (χ0) is 12.4. The summed E-state index contributed by atoms with van der Waals surface area (Å²) in [5.41, 5.74) is 0. The zero-order valence-corrected chi connectivity index (χ0v) is 8.99. The second kappa shape index (κ2) is 4.24. The maximum absolute atomic E-state index is 11.3. The van der Waals surface area contributed by atoms with E-state index >= 15 is 0 Å². The number of urea groups is 1. The Balaban J connectivity index is 2.05. The van der Waals surface area contributed by atoms with Crippen LogP contribution in [0.4, 0.5) is 10.7 Å². The van der Waals surface area contributed by atoms with Gasteiger partial charge in [-0.1, -0.05) is 0 Å². The first kappa shape index (κ1) is 11.1. The molecule has 1 fully saturated rings. The predicted octanol–water partition coefficient (Wildman–Crippen LogP) is 0.935. The fourth-order valence-electron chi connectivity index (χ4n) is 1.41. The van der Waals surface area contributed by atoms with E-state index in [-0.39, 0.29) is 23.7 Å². The van der Waals surface area contributed by atoms with Gasteiger partial charge in [0.2, 0.25) is 0 Å². The Hall–Kier alpha value is -2.38. The summed E-state index contributed by atoms with van der Waals surface area (Å²) in [6, 6.07) is 2.38. The van der Waals surface area contributed by atoms with Crippen LogP contribution in [0.15, 0.2) is 21.7 Å². The lowest BCUT2D eigenvalue weighted by Crippen LogP contribution is -2.24. The number of nitro groups is 1. The van der Waals surface area contributed by atoms with Crippen molar-refractivity contribution in [2.75, 3.05) is 6.54 Å². The number of furan rings is 1. The van der Waals surface area contributed by atoms with E-state index in [9.17, 15) is 14.9 Å². The first-order valence-electron chi connectivity index (χ1n) is 4.92. The van der Waals surface area contributed by atoms with Crippen molar-refractivity contribution >= 4 is 18.1 Å². The van der Waals surface area contributed by atoms with Crippen molar-refractivity contribution in [2.24, 2.45) is 5.10 Å². The van der Waals surface area contributed by atoms with Gasteiger partial charge < -0.3 is 9.73 Å². The molecule has 0 spiro atoms. The summed E-state index contributed by atoms with van der Waals surface area (Å²) in [6.45, 7) is 2.31. The van der Waals surface area contributed by atoms with Gasteiger partial charge in [0.1, 0.15) is 4.92 Å². The molecule has 0 aromatic carbocycles. The number of rotatable bonds is 3. The lowest BCUT2D eigenvalue weighted by Gasteiger charge is -2.04. The van der Waals surface area contributed by atoms with E-state index in [0.717, 1.165) is 0 Å². The highest BCUT2D eigenvalue weighted by Gasteiger charge is 2.24. The van der Waals surface area contributed by atoms with Gasteiger partial charge in [-0.05, 0) is 13.0 Å². The molecule has 1 N–H and O–H groups in total. The molecule has 0 saturated carbocycles. The van der Waals surface area contributed by atoms with Crippen LogP contribution in [0.2, 0.25) is 0 Å². The van der Waals surface area contributed by atoms with E-state index in [2.05, 4.69) is 10.4 Å². The van der Waals surface area contributed by atoms with Crippen LogP contribution in [0, 0.1) is 10.1 Å². The minimum absolute atomic E-state index is 0.0330. The first-order valence-corrected chi connectivity index (χ1v) is 4.92. The molecule has 2 heterocycles. The largest absolute Gasteiger partial charge is 0.433 e. The van der Waals surface area contributed by atoms with Crippen LogP contribution in [0.1, 0.15) is 12.7 Å². The van der Waals surface area contributed by atoms with Gasteiger partial charge in [0, 0.05) is 6.04 Å². The van der Waals surface area contributed by atoms with Crippen LogP contribution in [0.25, 0.3) is 0 Å². The van der Waals surface area contributed by atoms with Crippen molar-refractivity contribution in [3.05, 3.63) is 28.0 Å². The topological polar surface area (TPSA) is 101 Å². The quantitative estimate of drug-likeness (QED) is 0.481. The molecule has 1 saturated heterocycles. The van der Waals surface area contributed by atoms with Gasteiger partial charge in [-0.2, -0.15) is 5.10 Å². The number of carbonyl (C=O) groups excluding carboxylic acids is 1. The molecule has 1 atom stereocenters. The Labute approximate surface area is 96.0 Å². The van der Waals surface area contributed by atoms with Gasteiger partial charge in [0.15, 0.2) is 5.76 Å². The highest BCUT2D eigenvalue weighted by Crippen LogP contribution is 2.14. The fourth-order valence-corrected chi connectivity index (χ4v) is 1.41. The van der Waals surface area contributed by atoms with Crippen molar-refractivity contribution in [2.45, 2.75) is 13.0 Å². The van der Waals surface area contributed by atoms with E-state index < -0.39 is 4.92 Å². The number of hydrogen-bond acceptors (Lipinski definition) is 5. The van der Waals surface area contributed by atoms with Gasteiger partial charge >= 0.3 is 11.9 Å². The average Bonchev–Trinajstić information content (AvgIpc) is 2.82. The molecule has 2 rings (SSSR count). The standard InChI is InChI=1S/C9H10N4O4/c1-6-5-12(9(14)11-6)10-4-7-2-3-8(17-7)13(15)16/h2-4,6H,5H2,1H3,(H,11,14)/t6-/m0/s1. The van der Waals surface area contributed by atoms with Crippen LogP contribution in [0.5, 0.6) is 0 Å². The molecule has 1 aromatic heterocycles. The first-order chi connectivity index (χ1) is 8.06. The monoisotopic (exact) mass is 238 g/mol. The highest BCUT2D eigenvalue weighted by atomic mass is 16.6. The number of carbonyl (C=O) groups is 1. The molecule has 17 heavy (non-hydrogen) atoms. The predicted molar refractivity (Wildman–Crippen MR) is 57.7 cm³/mol. The van der Waals surface area contributed by atoms with E-state index in [0.29, 0.717) is 6.54 Å². The molecular weight excluding hydrogens is 228 g/mol. The molecule has 1 aliphatic rings. The summed E-state index contributed by atoms with van der Waals surface area (Å²) in [5, 5.41) is 18.1. The summed E-state index contributed by atoms with van der Waals surface area (Å²) in [7, 11) is 0. The maximum atomic E-state index is 11.3. The summed E-state index contributed by atoms with van der Waals surface area (Å²) in [4.78, 5) is 21.0. The third kappa shape index (κ3) is 2.41. The minimum atomic E-state index is -0.637. The molecule has 2 amide bonds. The van der Waals surface area contributed by atoms with Crippen LogP contribution in [-0.2, 0) is 0 Å². The van der Waals surface area contributed by atoms with Gasteiger partial charge in [0.05, 0.1) is 18.8 Å². The lowest BCUT2D eigenvalue weighted by atomic mass is 10.4. The summed E-state index contributed by atoms with van der Waals surface area (Å²) in [5.74, 6) is -0.130. The van der Waals surface area contributed by atoms with Crippen LogP contribution < -0.4 is 5.32 Å². The Morgan fingerprint density at radius 2 is 2.47 bits per heavy atom. The molecule has 90 valence electrons.